The zero-order chi connectivity index (χ0) is 22.8. The Kier molecular flexibility index (Phi) is 6.10. The minimum absolute atomic E-state index is 0.284. The van der Waals surface area contributed by atoms with Crippen LogP contribution in [0.5, 0.6) is 11.5 Å². The molecule has 5 rings (SSSR count). The number of para-hydroxylation sites is 1. The zero-order valence-corrected chi connectivity index (χ0v) is 19.5. The van der Waals surface area contributed by atoms with E-state index in [1.54, 1.807) is 13.3 Å². The number of nitrogens with zero attached hydrogens (tertiary/aromatic N) is 1. The summed E-state index contributed by atoms with van der Waals surface area (Å²) in [4.78, 5) is 4.65. The average molecular weight is 459 g/mol. The van der Waals surface area contributed by atoms with Crippen LogP contribution in [0.15, 0.2) is 77.8 Å². The number of benzene rings is 3. The van der Waals surface area contributed by atoms with Gasteiger partial charge in [-0.05, 0) is 66.3 Å². The van der Waals surface area contributed by atoms with Crippen molar-refractivity contribution in [2.45, 2.75) is 25.3 Å². The molecular formula is C28H27ClN2O2. The average Bonchev–Trinajstić information content (AvgIpc) is 3.33. The van der Waals surface area contributed by atoms with Crippen LogP contribution in [-0.4, -0.2) is 19.9 Å². The van der Waals surface area contributed by atoms with Gasteiger partial charge in [0.2, 0.25) is 0 Å². The van der Waals surface area contributed by atoms with Gasteiger partial charge in [0.15, 0.2) is 11.5 Å². The number of methoxy groups -OCH3 is 1. The van der Waals surface area contributed by atoms with Gasteiger partial charge in [0.05, 0.1) is 30.5 Å². The molecule has 0 fully saturated rings. The number of nitrogens with one attached hydrogen (secondary N) is 1. The van der Waals surface area contributed by atoms with Gasteiger partial charge in [0.1, 0.15) is 0 Å². The molecule has 0 aromatic heterocycles. The van der Waals surface area contributed by atoms with Gasteiger partial charge < -0.3 is 14.8 Å². The number of ether oxygens (including phenoxy) is 2. The molecular weight excluding hydrogens is 432 g/mol. The molecule has 3 aromatic rings. The Morgan fingerprint density at radius 3 is 2.73 bits per heavy atom. The van der Waals surface area contributed by atoms with Gasteiger partial charge in [-0.3, -0.25) is 4.99 Å². The number of aliphatic imine (C=N–C) groups is 1. The largest absolute Gasteiger partial charge is 0.491 e. The van der Waals surface area contributed by atoms with E-state index in [9.17, 15) is 0 Å². The summed E-state index contributed by atoms with van der Waals surface area (Å²) in [5.41, 5.74) is 5.67. The lowest BCUT2D eigenvalue weighted by Crippen LogP contribution is -2.28. The van der Waals surface area contributed by atoms with E-state index in [0.717, 1.165) is 17.7 Å². The monoisotopic (exact) mass is 458 g/mol. The second-order valence-electron chi connectivity index (χ2n) is 8.38. The summed E-state index contributed by atoms with van der Waals surface area (Å²) in [7, 11) is 1.59. The minimum atomic E-state index is 0.284. The number of anilines is 1. The highest BCUT2D eigenvalue weighted by molar-refractivity contribution is 6.32. The molecule has 1 heterocycles. The first-order valence-electron chi connectivity index (χ1n) is 11.3. The first kappa shape index (κ1) is 21.6. The van der Waals surface area contributed by atoms with E-state index in [1.165, 1.54) is 16.8 Å². The van der Waals surface area contributed by atoms with Crippen molar-refractivity contribution < 1.29 is 9.47 Å². The minimum Gasteiger partial charge on any atom is -0.491 e. The number of allylic oxidation sites excluding steroid dienone is 2. The van der Waals surface area contributed by atoms with Crippen molar-refractivity contribution in [2.24, 2.45) is 10.9 Å². The fraction of sp³-hybridized carbons (Fsp3) is 0.250. The van der Waals surface area contributed by atoms with Crippen molar-refractivity contribution in [3.8, 4) is 11.5 Å². The lowest BCUT2D eigenvalue weighted by molar-refractivity contribution is 0.311. The van der Waals surface area contributed by atoms with E-state index < -0.39 is 0 Å². The van der Waals surface area contributed by atoms with Crippen molar-refractivity contribution in [1.82, 2.24) is 0 Å². The fourth-order valence-corrected chi connectivity index (χ4v) is 5.21. The summed E-state index contributed by atoms with van der Waals surface area (Å²) in [6.45, 7) is 2.46. The molecule has 3 atom stereocenters. The highest BCUT2D eigenvalue weighted by atomic mass is 35.5. The van der Waals surface area contributed by atoms with Gasteiger partial charge in [-0.2, -0.15) is 0 Å². The Bertz CT molecular complexity index is 1200. The summed E-state index contributed by atoms with van der Waals surface area (Å²) < 4.78 is 11.0. The van der Waals surface area contributed by atoms with Gasteiger partial charge in [-0.25, -0.2) is 0 Å². The van der Waals surface area contributed by atoms with Crippen LogP contribution in [0.25, 0.3) is 0 Å². The van der Waals surface area contributed by atoms with Crippen LogP contribution in [0.1, 0.15) is 42.0 Å². The van der Waals surface area contributed by atoms with Crippen molar-refractivity contribution >= 4 is 29.2 Å². The fourth-order valence-electron chi connectivity index (χ4n) is 4.91. The predicted molar refractivity (Wildman–Crippen MR) is 136 cm³/mol. The molecule has 1 N–H and O–H groups in total. The van der Waals surface area contributed by atoms with Gasteiger partial charge in [0.25, 0.3) is 0 Å². The van der Waals surface area contributed by atoms with Crippen LogP contribution in [0.3, 0.4) is 0 Å². The van der Waals surface area contributed by atoms with Crippen molar-refractivity contribution in [1.29, 1.82) is 0 Å². The van der Waals surface area contributed by atoms with E-state index in [-0.39, 0.29) is 6.04 Å². The molecule has 0 unspecified atom stereocenters. The topological polar surface area (TPSA) is 42.8 Å². The zero-order valence-electron chi connectivity index (χ0n) is 18.8. The molecule has 0 bridgehead atoms. The molecule has 0 spiro atoms. The predicted octanol–water partition coefficient (Wildman–Crippen LogP) is 7.32. The maximum atomic E-state index is 6.36. The molecule has 4 nitrogen and oxygen atoms in total. The van der Waals surface area contributed by atoms with E-state index in [2.05, 4.69) is 71.0 Å². The number of rotatable bonds is 6. The Hall–Kier alpha value is -3.24. The normalized spacial score (nSPS) is 20.9. The van der Waals surface area contributed by atoms with Crippen LogP contribution < -0.4 is 14.8 Å². The molecule has 2 aliphatic rings. The standard InChI is InChI=1S/C28H27ClN2O2/c1-3-33-26-16-18(15-24(29)28(26)32-2)17-30-20-13-11-19(12-14-20)27-23-9-6-8-21(23)22-7-4-5-10-25(22)31-27/h4-8,10-17,21,23,27,31H,3,9H2,1-2H3/t21-,23-,27-/m0/s1. The smallest absolute Gasteiger partial charge is 0.179 e. The Morgan fingerprint density at radius 2 is 1.94 bits per heavy atom. The molecule has 33 heavy (non-hydrogen) atoms. The van der Waals surface area contributed by atoms with E-state index in [0.29, 0.717) is 35.0 Å². The third kappa shape index (κ3) is 4.23. The van der Waals surface area contributed by atoms with E-state index in [4.69, 9.17) is 21.1 Å². The molecule has 0 amide bonds. The molecule has 1 aliphatic heterocycles. The molecule has 1 aliphatic carbocycles. The lowest BCUT2D eigenvalue weighted by Gasteiger charge is -2.37. The van der Waals surface area contributed by atoms with Gasteiger partial charge in [-0.1, -0.05) is 54.1 Å². The quantitative estimate of drug-likeness (QED) is 0.310. The molecule has 168 valence electrons. The summed E-state index contributed by atoms with van der Waals surface area (Å²) in [6, 6.07) is 21.2. The van der Waals surface area contributed by atoms with Crippen LogP contribution in [0.2, 0.25) is 5.02 Å². The van der Waals surface area contributed by atoms with E-state index >= 15 is 0 Å². The summed E-state index contributed by atoms with van der Waals surface area (Å²) in [6.07, 6.45) is 7.58. The summed E-state index contributed by atoms with van der Waals surface area (Å²) in [5.74, 6) is 2.17. The second kappa shape index (κ2) is 9.32. The van der Waals surface area contributed by atoms with Crippen molar-refractivity contribution in [3.05, 3.63) is 94.5 Å². The van der Waals surface area contributed by atoms with E-state index in [1.807, 2.05) is 19.1 Å². The maximum Gasteiger partial charge on any atom is 0.179 e. The number of fused-ring (bicyclic) bond motifs is 3. The molecule has 3 aromatic carbocycles. The summed E-state index contributed by atoms with van der Waals surface area (Å²) >= 11 is 6.36. The third-order valence-electron chi connectivity index (χ3n) is 6.42. The Labute approximate surface area is 199 Å². The van der Waals surface area contributed by atoms with Gasteiger partial charge >= 0.3 is 0 Å². The van der Waals surface area contributed by atoms with Crippen LogP contribution in [0, 0.1) is 5.92 Å². The third-order valence-corrected chi connectivity index (χ3v) is 6.70. The number of halogens is 1. The molecule has 0 saturated carbocycles. The summed E-state index contributed by atoms with van der Waals surface area (Å²) in [5, 5.41) is 4.28. The molecule has 5 heteroatoms. The molecule has 0 saturated heterocycles. The van der Waals surface area contributed by atoms with Crippen LogP contribution >= 0.6 is 11.6 Å². The lowest BCUT2D eigenvalue weighted by atomic mass is 9.77. The van der Waals surface area contributed by atoms with Crippen molar-refractivity contribution in [2.75, 3.05) is 19.0 Å². The van der Waals surface area contributed by atoms with Crippen LogP contribution in [0.4, 0.5) is 11.4 Å². The highest BCUT2D eigenvalue weighted by Crippen LogP contribution is 2.49. The first-order chi connectivity index (χ1) is 16.2. The maximum absolute atomic E-state index is 6.36. The Balaban J connectivity index is 1.36. The highest BCUT2D eigenvalue weighted by Gasteiger charge is 2.37. The number of hydrogen-bond acceptors (Lipinski definition) is 4. The van der Waals surface area contributed by atoms with Crippen LogP contribution in [-0.2, 0) is 0 Å². The number of hydrogen-bond donors (Lipinski definition) is 1. The second-order valence-corrected chi connectivity index (χ2v) is 8.79. The first-order valence-corrected chi connectivity index (χ1v) is 11.7. The van der Waals surface area contributed by atoms with Crippen molar-refractivity contribution in [3.63, 3.8) is 0 Å². The van der Waals surface area contributed by atoms with Gasteiger partial charge in [-0.15, -0.1) is 0 Å². The Morgan fingerprint density at radius 1 is 1.12 bits per heavy atom. The van der Waals surface area contributed by atoms with Gasteiger partial charge in [0, 0.05) is 17.8 Å². The SMILES string of the molecule is CCOc1cc(C=Nc2ccc([C@@H]3Nc4ccccc4[C@@H]4C=CC[C@@H]43)cc2)cc(Cl)c1OC. The molecule has 0 radical (unpaired) electrons.